The molecule has 3 nitrogen and oxygen atoms in total. The second-order valence-electron chi connectivity index (χ2n) is 2.16. The van der Waals surface area contributed by atoms with E-state index in [0.717, 1.165) is 0 Å². The molecule has 1 heterocycles. The summed E-state index contributed by atoms with van der Waals surface area (Å²) in [6.45, 7) is 1.89. The van der Waals surface area contributed by atoms with Crippen molar-refractivity contribution in [1.29, 1.82) is 0 Å². The minimum Gasteiger partial charge on any atom is -0.387 e. The minimum atomic E-state index is -0.516. The van der Waals surface area contributed by atoms with Crippen molar-refractivity contribution in [3.8, 4) is 0 Å². The molecule has 1 aromatic heterocycles. The summed E-state index contributed by atoms with van der Waals surface area (Å²) in [5.41, 5.74) is 0.606. The van der Waals surface area contributed by atoms with E-state index in [1.165, 1.54) is 0 Å². The molecule has 1 aromatic rings. The predicted molar refractivity (Wildman–Crippen MR) is 45.0 cm³/mol. The predicted octanol–water partition coefficient (Wildman–Crippen LogP) is 1.68. The van der Waals surface area contributed by atoms with Crippen molar-refractivity contribution in [3.63, 3.8) is 0 Å². The van der Waals surface area contributed by atoms with Gasteiger partial charge < -0.3 is 5.11 Å². The summed E-state index contributed by atoms with van der Waals surface area (Å²) in [7, 11) is 0. The summed E-state index contributed by atoms with van der Waals surface area (Å²) >= 11 is 3.20. The average molecular weight is 217 g/mol. The molecule has 0 aromatic carbocycles. The highest BCUT2D eigenvalue weighted by atomic mass is 79.9. The fourth-order valence-electron chi connectivity index (χ4n) is 0.749. The van der Waals surface area contributed by atoms with Crippen LogP contribution in [-0.2, 0) is 0 Å². The number of aliphatic hydroxyl groups excluding tert-OH is 1. The van der Waals surface area contributed by atoms with Crippen molar-refractivity contribution in [2.75, 3.05) is 0 Å². The van der Waals surface area contributed by atoms with E-state index >= 15 is 0 Å². The van der Waals surface area contributed by atoms with E-state index in [2.05, 4.69) is 25.9 Å². The van der Waals surface area contributed by atoms with Crippen LogP contribution in [-0.4, -0.2) is 15.1 Å². The first kappa shape index (κ1) is 8.62. The lowest BCUT2D eigenvalue weighted by Crippen LogP contribution is -2.00. The van der Waals surface area contributed by atoms with Gasteiger partial charge in [-0.05, 0) is 22.4 Å². The van der Waals surface area contributed by atoms with Gasteiger partial charge in [0.25, 0.3) is 0 Å². The van der Waals surface area contributed by atoms with E-state index < -0.39 is 6.10 Å². The molecule has 0 bridgehead atoms. The topological polar surface area (TPSA) is 46.0 Å². The van der Waals surface area contributed by atoms with Gasteiger partial charge in [-0.1, -0.05) is 6.92 Å². The highest BCUT2D eigenvalue weighted by Gasteiger charge is 2.09. The zero-order valence-corrected chi connectivity index (χ0v) is 7.74. The van der Waals surface area contributed by atoms with E-state index in [1.54, 1.807) is 12.4 Å². The summed E-state index contributed by atoms with van der Waals surface area (Å²) in [5, 5.41) is 9.38. The Morgan fingerprint density at radius 2 is 2.18 bits per heavy atom. The molecule has 0 amide bonds. The third-order valence-corrected chi connectivity index (χ3v) is 1.99. The number of halogens is 1. The molecule has 0 aliphatic carbocycles. The van der Waals surface area contributed by atoms with Gasteiger partial charge in [-0.3, -0.25) is 4.98 Å². The number of aromatic nitrogens is 2. The van der Waals surface area contributed by atoms with Crippen molar-refractivity contribution in [1.82, 2.24) is 9.97 Å². The molecule has 1 atom stereocenters. The Hall–Kier alpha value is -0.480. The number of hydrogen-bond acceptors (Lipinski definition) is 3. The SMILES string of the molecule is CCC(O)c1nccnc1Br. The highest BCUT2D eigenvalue weighted by molar-refractivity contribution is 9.10. The van der Waals surface area contributed by atoms with Crippen LogP contribution in [0.15, 0.2) is 17.0 Å². The molecule has 0 aliphatic heterocycles. The normalized spacial score (nSPS) is 13.0. The Kier molecular flexibility index (Phi) is 2.96. The Bertz CT molecular complexity index is 242. The van der Waals surface area contributed by atoms with Gasteiger partial charge in [-0.15, -0.1) is 0 Å². The maximum atomic E-state index is 9.38. The molecule has 1 rings (SSSR count). The third kappa shape index (κ3) is 1.97. The first-order valence-electron chi connectivity index (χ1n) is 3.40. The molecule has 1 N–H and O–H groups in total. The van der Waals surface area contributed by atoms with Crippen LogP contribution in [0.3, 0.4) is 0 Å². The highest BCUT2D eigenvalue weighted by Crippen LogP contribution is 2.19. The van der Waals surface area contributed by atoms with Crippen LogP contribution in [0, 0.1) is 0 Å². The summed E-state index contributed by atoms with van der Waals surface area (Å²) in [6.07, 6.45) is 3.28. The molecule has 0 aliphatic rings. The van der Waals surface area contributed by atoms with E-state index in [-0.39, 0.29) is 0 Å². The second kappa shape index (κ2) is 3.78. The number of nitrogens with zero attached hydrogens (tertiary/aromatic N) is 2. The van der Waals surface area contributed by atoms with Gasteiger partial charge >= 0.3 is 0 Å². The Labute approximate surface area is 73.6 Å². The average Bonchev–Trinajstić information content (AvgIpc) is 2.04. The lowest BCUT2D eigenvalue weighted by Gasteiger charge is -2.06. The molecule has 60 valence electrons. The van der Waals surface area contributed by atoms with E-state index in [9.17, 15) is 5.11 Å². The molecule has 0 spiro atoms. The quantitative estimate of drug-likeness (QED) is 0.819. The summed E-state index contributed by atoms with van der Waals surface area (Å²) < 4.78 is 0.620. The molecular formula is C7H9BrN2O. The first-order chi connectivity index (χ1) is 5.25. The van der Waals surface area contributed by atoms with Crippen LogP contribution in [0.4, 0.5) is 0 Å². The fraction of sp³-hybridized carbons (Fsp3) is 0.429. The first-order valence-corrected chi connectivity index (χ1v) is 4.19. The van der Waals surface area contributed by atoms with Crippen LogP contribution in [0.1, 0.15) is 25.1 Å². The molecule has 1 unspecified atom stereocenters. The number of aliphatic hydroxyl groups is 1. The smallest absolute Gasteiger partial charge is 0.130 e. The van der Waals surface area contributed by atoms with E-state index in [1.807, 2.05) is 6.92 Å². The summed E-state index contributed by atoms with van der Waals surface area (Å²) in [4.78, 5) is 7.93. The van der Waals surface area contributed by atoms with Crippen molar-refractivity contribution < 1.29 is 5.11 Å². The van der Waals surface area contributed by atoms with Gasteiger partial charge in [0.15, 0.2) is 0 Å². The van der Waals surface area contributed by atoms with Gasteiger partial charge in [0.2, 0.25) is 0 Å². The minimum absolute atomic E-state index is 0.516. The molecule has 0 radical (unpaired) electrons. The molecular weight excluding hydrogens is 208 g/mol. The van der Waals surface area contributed by atoms with Crippen LogP contribution >= 0.6 is 15.9 Å². The van der Waals surface area contributed by atoms with Crippen molar-refractivity contribution in [2.24, 2.45) is 0 Å². The van der Waals surface area contributed by atoms with Crippen LogP contribution in [0.25, 0.3) is 0 Å². The number of hydrogen-bond donors (Lipinski definition) is 1. The number of rotatable bonds is 2. The largest absolute Gasteiger partial charge is 0.387 e. The Morgan fingerprint density at radius 3 is 2.73 bits per heavy atom. The molecule has 0 fully saturated rings. The summed E-state index contributed by atoms with van der Waals surface area (Å²) in [6, 6.07) is 0. The molecule has 0 saturated carbocycles. The summed E-state index contributed by atoms with van der Waals surface area (Å²) in [5.74, 6) is 0. The van der Waals surface area contributed by atoms with Crippen molar-refractivity contribution >= 4 is 15.9 Å². The Morgan fingerprint density at radius 1 is 1.55 bits per heavy atom. The van der Waals surface area contributed by atoms with Gasteiger partial charge in [-0.25, -0.2) is 4.98 Å². The zero-order chi connectivity index (χ0) is 8.27. The zero-order valence-electron chi connectivity index (χ0n) is 6.16. The van der Waals surface area contributed by atoms with Crippen LogP contribution in [0.2, 0.25) is 0 Å². The van der Waals surface area contributed by atoms with Crippen molar-refractivity contribution in [2.45, 2.75) is 19.4 Å². The van der Waals surface area contributed by atoms with Gasteiger partial charge in [0.05, 0.1) is 6.10 Å². The molecule has 11 heavy (non-hydrogen) atoms. The van der Waals surface area contributed by atoms with E-state index in [4.69, 9.17) is 0 Å². The van der Waals surface area contributed by atoms with E-state index in [0.29, 0.717) is 16.7 Å². The van der Waals surface area contributed by atoms with Gasteiger partial charge in [0.1, 0.15) is 10.3 Å². The van der Waals surface area contributed by atoms with Crippen LogP contribution in [0.5, 0.6) is 0 Å². The fourth-order valence-corrected chi connectivity index (χ4v) is 1.23. The lowest BCUT2D eigenvalue weighted by molar-refractivity contribution is 0.167. The van der Waals surface area contributed by atoms with Crippen molar-refractivity contribution in [3.05, 3.63) is 22.7 Å². The van der Waals surface area contributed by atoms with Crippen LogP contribution < -0.4 is 0 Å². The Balaban J connectivity index is 2.93. The second-order valence-corrected chi connectivity index (χ2v) is 2.91. The van der Waals surface area contributed by atoms with Gasteiger partial charge in [-0.2, -0.15) is 0 Å². The third-order valence-electron chi connectivity index (χ3n) is 1.38. The lowest BCUT2D eigenvalue weighted by atomic mass is 10.2. The monoisotopic (exact) mass is 216 g/mol. The molecule has 0 saturated heterocycles. The maximum absolute atomic E-state index is 9.38. The van der Waals surface area contributed by atoms with Gasteiger partial charge in [0, 0.05) is 12.4 Å². The standard InChI is InChI=1S/C7H9BrN2O/c1-2-5(11)6-7(8)10-4-3-9-6/h3-5,11H,2H2,1H3. The molecule has 4 heteroatoms. The maximum Gasteiger partial charge on any atom is 0.130 e.